The van der Waals surface area contributed by atoms with E-state index in [0.29, 0.717) is 12.5 Å². The third-order valence-corrected chi connectivity index (χ3v) is 3.92. The van der Waals surface area contributed by atoms with E-state index < -0.39 is 0 Å². The molecule has 2 N–H and O–H groups in total. The van der Waals surface area contributed by atoms with Crippen molar-refractivity contribution in [3.63, 3.8) is 0 Å². The van der Waals surface area contributed by atoms with Crippen molar-refractivity contribution >= 4 is 23.2 Å². The molecule has 0 saturated heterocycles. The van der Waals surface area contributed by atoms with Gasteiger partial charge in [0, 0.05) is 16.8 Å². The molecule has 21 heavy (non-hydrogen) atoms. The maximum Gasteiger partial charge on any atom is 0.196 e. The van der Waals surface area contributed by atoms with E-state index in [9.17, 15) is 0 Å². The van der Waals surface area contributed by atoms with Crippen molar-refractivity contribution in [2.75, 3.05) is 18.6 Å². The molecule has 5 heteroatoms. The standard InChI is InChI=1S/C16H16ClN3O/c1-21-12-6-4-5-11(9-12)20-15(10-19-16(20)18)13-7-2-3-8-14(13)17/h2-9,15H,10H2,1H3,(H2,18,19). The summed E-state index contributed by atoms with van der Waals surface area (Å²) in [4.78, 5) is 6.36. The minimum absolute atomic E-state index is 0.00538. The van der Waals surface area contributed by atoms with Crippen molar-refractivity contribution in [1.29, 1.82) is 0 Å². The van der Waals surface area contributed by atoms with Gasteiger partial charge in [0.05, 0.1) is 19.7 Å². The van der Waals surface area contributed by atoms with Crippen LogP contribution >= 0.6 is 11.6 Å². The molecule has 1 unspecified atom stereocenters. The normalized spacial score (nSPS) is 17.7. The van der Waals surface area contributed by atoms with E-state index in [4.69, 9.17) is 22.1 Å². The van der Waals surface area contributed by atoms with Crippen LogP contribution in [0.4, 0.5) is 5.69 Å². The van der Waals surface area contributed by atoms with Crippen LogP contribution in [-0.4, -0.2) is 19.6 Å². The van der Waals surface area contributed by atoms with Crippen LogP contribution < -0.4 is 15.4 Å². The predicted molar refractivity (Wildman–Crippen MR) is 86.2 cm³/mol. The van der Waals surface area contributed by atoms with Crippen LogP contribution in [0.25, 0.3) is 0 Å². The molecule has 1 atom stereocenters. The second-order valence-corrected chi connectivity index (χ2v) is 5.21. The first-order valence-corrected chi connectivity index (χ1v) is 7.06. The van der Waals surface area contributed by atoms with Crippen LogP contribution in [0.2, 0.25) is 5.02 Å². The van der Waals surface area contributed by atoms with Gasteiger partial charge in [0.1, 0.15) is 5.75 Å². The number of rotatable bonds is 3. The summed E-state index contributed by atoms with van der Waals surface area (Å²) in [7, 11) is 1.64. The number of anilines is 1. The number of nitrogens with zero attached hydrogens (tertiary/aromatic N) is 2. The fourth-order valence-electron chi connectivity index (χ4n) is 2.55. The van der Waals surface area contributed by atoms with E-state index in [0.717, 1.165) is 22.0 Å². The highest BCUT2D eigenvalue weighted by molar-refractivity contribution is 6.31. The number of nitrogens with two attached hydrogens (primary N) is 1. The van der Waals surface area contributed by atoms with Gasteiger partial charge in [-0.05, 0) is 23.8 Å². The van der Waals surface area contributed by atoms with Crippen LogP contribution in [0.5, 0.6) is 5.75 Å². The number of ether oxygens (including phenoxy) is 1. The molecule has 0 amide bonds. The van der Waals surface area contributed by atoms with Gasteiger partial charge in [-0.1, -0.05) is 35.9 Å². The zero-order valence-corrected chi connectivity index (χ0v) is 12.4. The molecule has 0 spiro atoms. The number of benzene rings is 2. The van der Waals surface area contributed by atoms with Gasteiger partial charge in [-0.15, -0.1) is 0 Å². The molecule has 4 nitrogen and oxygen atoms in total. The number of methoxy groups -OCH3 is 1. The van der Waals surface area contributed by atoms with Gasteiger partial charge >= 0.3 is 0 Å². The van der Waals surface area contributed by atoms with E-state index in [1.807, 2.05) is 53.4 Å². The Morgan fingerprint density at radius 2 is 2.05 bits per heavy atom. The lowest BCUT2D eigenvalue weighted by Gasteiger charge is -2.27. The van der Waals surface area contributed by atoms with Gasteiger partial charge < -0.3 is 15.4 Å². The largest absolute Gasteiger partial charge is 0.497 e. The van der Waals surface area contributed by atoms with Crippen LogP contribution in [0, 0.1) is 0 Å². The van der Waals surface area contributed by atoms with Crippen molar-refractivity contribution in [1.82, 2.24) is 0 Å². The Morgan fingerprint density at radius 1 is 1.24 bits per heavy atom. The lowest BCUT2D eigenvalue weighted by atomic mass is 10.1. The van der Waals surface area contributed by atoms with Gasteiger partial charge in [0.25, 0.3) is 0 Å². The number of hydrogen-bond acceptors (Lipinski definition) is 4. The summed E-state index contributed by atoms with van der Waals surface area (Å²) in [5.41, 5.74) is 8.03. The summed E-state index contributed by atoms with van der Waals surface area (Å²) < 4.78 is 5.28. The summed E-state index contributed by atoms with van der Waals surface area (Å²) in [5, 5.41) is 0.722. The second-order valence-electron chi connectivity index (χ2n) is 4.81. The Morgan fingerprint density at radius 3 is 2.81 bits per heavy atom. The fourth-order valence-corrected chi connectivity index (χ4v) is 2.81. The highest BCUT2D eigenvalue weighted by Gasteiger charge is 2.30. The van der Waals surface area contributed by atoms with Crippen molar-refractivity contribution in [2.24, 2.45) is 10.7 Å². The van der Waals surface area contributed by atoms with Gasteiger partial charge in [-0.25, -0.2) is 0 Å². The predicted octanol–water partition coefficient (Wildman–Crippen LogP) is 3.22. The first-order valence-electron chi connectivity index (χ1n) is 6.68. The summed E-state index contributed by atoms with van der Waals surface area (Å²) in [5.74, 6) is 1.28. The van der Waals surface area contributed by atoms with Crippen LogP contribution in [0.3, 0.4) is 0 Å². The zero-order valence-electron chi connectivity index (χ0n) is 11.7. The molecular weight excluding hydrogens is 286 g/mol. The van der Waals surface area contributed by atoms with Gasteiger partial charge in [0.2, 0.25) is 0 Å². The SMILES string of the molecule is COc1cccc(N2C(N)=NCC2c2ccccc2Cl)c1. The molecule has 0 aromatic heterocycles. The van der Waals surface area contributed by atoms with E-state index in [2.05, 4.69) is 4.99 Å². The molecule has 0 aliphatic carbocycles. The first kappa shape index (κ1) is 13.8. The summed E-state index contributed by atoms with van der Waals surface area (Å²) in [6, 6.07) is 15.5. The lowest BCUT2D eigenvalue weighted by Crippen LogP contribution is -2.36. The summed E-state index contributed by atoms with van der Waals surface area (Å²) in [6.45, 7) is 0.590. The molecule has 108 valence electrons. The van der Waals surface area contributed by atoms with Crippen molar-refractivity contribution in [2.45, 2.75) is 6.04 Å². The Hall–Kier alpha value is -2.20. The minimum atomic E-state index is 0.00538. The van der Waals surface area contributed by atoms with Crippen LogP contribution in [0.15, 0.2) is 53.5 Å². The number of halogens is 1. The van der Waals surface area contributed by atoms with Crippen molar-refractivity contribution in [3.05, 3.63) is 59.1 Å². The van der Waals surface area contributed by atoms with E-state index in [-0.39, 0.29) is 6.04 Å². The first-order chi connectivity index (χ1) is 10.2. The summed E-state index contributed by atoms with van der Waals surface area (Å²) in [6.07, 6.45) is 0. The van der Waals surface area contributed by atoms with Crippen molar-refractivity contribution in [3.8, 4) is 5.75 Å². The van der Waals surface area contributed by atoms with Crippen LogP contribution in [0.1, 0.15) is 11.6 Å². The maximum absolute atomic E-state index is 6.32. The highest BCUT2D eigenvalue weighted by Crippen LogP contribution is 2.35. The monoisotopic (exact) mass is 301 g/mol. The van der Waals surface area contributed by atoms with Gasteiger partial charge in [-0.2, -0.15) is 0 Å². The minimum Gasteiger partial charge on any atom is -0.497 e. The molecule has 1 heterocycles. The Kier molecular flexibility index (Phi) is 3.71. The molecule has 1 aliphatic heterocycles. The molecular formula is C16H16ClN3O. The zero-order chi connectivity index (χ0) is 14.8. The molecule has 3 rings (SSSR count). The third-order valence-electron chi connectivity index (χ3n) is 3.58. The van der Waals surface area contributed by atoms with E-state index >= 15 is 0 Å². The number of aliphatic imine (C=N–C) groups is 1. The Balaban J connectivity index is 2.01. The van der Waals surface area contributed by atoms with Crippen LogP contribution in [-0.2, 0) is 0 Å². The number of guanidine groups is 1. The molecule has 2 aromatic carbocycles. The summed E-state index contributed by atoms with van der Waals surface area (Å²) >= 11 is 6.32. The third kappa shape index (κ3) is 2.54. The second kappa shape index (κ2) is 5.66. The smallest absolute Gasteiger partial charge is 0.196 e. The maximum atomic E-state index is 6.32. The lowest BCUT2D eigenvalue weighted by molar-refractivity contribution is 0.415. The quantitative estimate of drug-likeness (QED) is 0.947. The molecule has 0 saturated carbocycles. The average Bonchev–Trinajstić information content (AvgIpc) is 2.89. The topological polar surface area (TPSA) is 50.9 Å². The average molecular weight is 302 g/mol. The molecule has 0 radical (unpaired) electrons. The molecule has 2 aromatic rings. The van der Waals surface area contributed by atoms with E-state index in [1.54, 1.807) is 7.11 Å². The highest BCUT2D eigenvalue weighted by atomic mass is 35.5. The van der Waals surface area contributed by atoms with Gasteiger partial charge in [-0.3, -0.25) is 4.99 Å². The molecule has 1 aliphatic rings. The molecule has 0 fully saturated rings. The Bertz CT molecular complexity index is 687. The molecule has 0 bridgehead atoms. The number of hydrogen-bond donors (Lipinski definition) is 1. The van der Waals surface area contributed by atoms with Crippen molar-refractivity contribution < 1.29 is 4.74 Å². The van der Waals surface area contributed by atoms with E-state index in [1.165, 1.54) is 0 Å². The fraction of sp³-hybridized carbons (Fsp3) is 0.188. The van der Waals surface area contributed by atoms with Gasteiger partial charge in [0.15, 0.2) is 5.96 Å². The Labute approximate surface area is 128 Å².